The Kier molecular flexibility index (Phi) is 4.59. The van der Waals surface area contributed by atoms with Gasteiger partial charge in [0, 0.05) is 16.3 Å². The van der Waals surface area contributed by atoms with Crippen LogP contribution in [0.1, 0.15) is 34.5 Å². The summed E-state index contributed by atoms with van der Waals surface area (Å²) < 4.78 is 0. The van der Waals surface area contributed by atoms with Gasteiger partial charge in [0.1, 0.15) is 0 Å². The van der Waals surface area contributed by atoms with Crippen LogP contribution in [-0.2, 0) is 11.2 Å². The Morgan fingerprint density at radius 2 is 2.14 bits per heavy atom. The summed E-state index contributed by atoms with van der Waals surface area (Å²) in [5.41, 5.74) is 3.91. The van der Waals surface area contributed by atoms with Crippen LogP contribution in [0.3, 0.4) is 0 Å². The van der Waals surface area contributed by atoms with E-state index in [1.54, 1.807) is 11.8 Å². The van der Waals surface area contributed by atoms with Crippen LogP contribution in [0.15, 0.2) is 34.5 Å². The second-order valence-corrected chi connectivity index (χ2v) is 7.90. The van der Waals surface area contributed by atoms with E-state index in [1.165, 1.54) is 26.5 Å². The predicted octanol–water partition coefficient (Wildman–Crippen LogP) is 4.60. The molecule has 1 aromatic carbocycles. The van der Waals surface area contributed by atoms with Gasteiger partial charge in [-0.2, -0.15) is 0 Å². The molecule has 2 aromatic rings. The van der Waals surface area contributed by atoms with Gasteiger partial charge in [-0.1, -0.05) is 6.07 Å². The van der Waals surface area contributed by atoms with E-state index in [0.29, 0.717) is 5.75 Å². The summed E-state index contributed by atoms with van der Waals surface area (Å²) in [6.07, 6.45) is 0.997. The van der Waals surface area contributed by atoms with Gasteiger partial charge in [0.25, 0.3) is 0 Å². The Labute approximate surface area is 140 Å². The fourth-order valence-electron chi connectivity index (χ4n) is 2.88. The molecule has 0 radical (unpaired) electrons. The van der Waals surface area contributed by atoms with E-state index in [0.717, 1.165) is 13.0 Å². The summed E-state index contributed by atoms with van der Waals surface area (Å²) >= 11 is 3.45. The molecule has 1 aliphatic rings. The number of thioether (sulfide) groups is 1. The molecule has 0 fully saturated rings. The number of aryl methyl sites for hydroxylation is 2. The maximum Gasteiger partial charge on any atom is 0.233 e. The van der Waals surface area contributed by atoms with Crippen molar-refractivity contribution in [1.29, 1.82) is 0 Å². The molecular weight excluding hydrogens is 310 g/mol. The Hall–Kier alpha value is -1.26. The zero-order valence-corrected chi connectivity index (χ0v) is 14.9. The molecule has 0 N–H and O–H groups in total. The number of amides is 1. The first kappa shape index (κ1) is 15.6. The molecule has 1 amide bonds. The largest absolute Gasteiger partial charge is 0.335 e. The van der Waals surface area contributed by atoms with Crippen molar-refractivity contribution in [3.63, 3.8) is 0 Å². The monoisotopic (exact) mass is 331 g/mol. The summed E-state index contributed by atoms with van der Waals surface area (Å²) in [7, 11) is 0. The van der Waals surface area contributed by atoms with Crippen LogP contribution in [0.2, 0.25) is 0 Å². The number of thiophene rings is 1. The average molecular weight is 332 g/mol. The van der Waals surface area contributed by atoms with E-state index in [-0.39, 0.29) is 11.9 Å². The molecule has 2 heterocycles. The van der Waals surface area contributed by atoms with Gasteiger partial charge in [0.15, 0.2) is 0 Å². The zero-order valence-electron chi connectivity index (χ0n) is 13.3. The van der Waals surface area contributed by atoms with Crippen LogP contribution >= 0.6 is 23.1 Å². The Morgan fingerprint density at radius 1 is 1.32 bits per heavy atom. The van der Waals surface area contributed by atoms with Gasteiger partial charge in [-0.25, -0.2) is 0 Å². The van der Waals surface area contributed by atoms with Crippen LogP contribution in [0, 0.1) is 13.8 Å². The standard InChI is InChI=1S/C18H21NOS2/c1-12-4-5-15(10-13(12)2)22-11-18(20)19-8-6-17-16(14(19)3)7-9-21-17/h4-5,7,9-10,14H,6,8,11H2,1-3H3/t14-/m0/s1. The van der Waals surface area contributed by atoms with Crippen molar-refractivity contribution in [1.82, 2.24) is 4.90 Å². The number of hydrogen-bond acceptors (Lipinski definition) is 3. The first-order valence-electron chi connectivity index (χ1n) is 7.62. The van der Waals surface area contributed by atoms with E-state index in [4.69, 9.17) is 0 Å². The Morgan fingerprint density at radius 3 is 2.91 bits per heavy atom. The fraction of sp³-hybridized carbons (Fsp3) is 0.389. The normalized spacial score (nSPS) is 17.4. The lowest BCUT2D eigenvalue weighted by Gasteiger charge is -2.33. The molecule has 0 saturated carbocycles. The first-order valence-corrected chi connectivity index (χ1v) is 9.48. The van der Waals surface area contributed by atoms with Gasteiger partial charge in [-0.05, 0) is 67.5 Å². The zero-order chi connectivity index (χ0) is 15.7. The molecule has 1 aromatic heterocycles. The maximum atomic E-state index is 12.6. The molecule has 1 aliphatic heterocycles. The molecule has 0 spiro atoms. The van der Waals surface area contributed by atoms with E-state index in [1.807, 2.05) is 16.2 Å². The predicted molar refractivity (Wildman–Crippen MR) is 94.8 cm³/mol. The number of carbonyl (C=O) groups excluding carboxylic acids is 1. The third-order valence-corrected chi connectivity index (χ3v) is 6.41. The number of rotatable bonds is 3. The van der Waals surface area contributed by atoms with Crippen LogP contribution in [0.4, 0.5) is 0 Å². The number of nitrogens with zero attached hydrogens (tertiary/aromatic N) is 1. The quantitative estimate of drug-likeness (QED) is 0.766. The number of carbonyl (C=O) groups is 1. The van der Waals surface area contributed by atoms with Crippen LogP contribution in [-0.4, -0.2) is 23.1 Å². The summed E-state index contributed by atoms with van der Waals surface area (Å²) in [5, 5.41) is 2.14. The van der Waals surface area contributed by atoms with Crippen LogP contribution in [0.5, 0.6) is 0 Å². The van der Waals surface area contributed by atoms with Crippen molar-refractivity contribution in [2.24, 2.45) is 0 Å². The number of hydrogen-bond donors (Lipinski definition) is 0. The van der Waals surface area contributed by atoms with E-state index in [9.17, 15) is 4.79 Å². The topological polar surface area (TPSA) is 20.3 Å². The van der Waals surface area contributed by atoms with E-state index >= 15 is 0 Å². The van der Waals surface area contributed by atoms with Crippen LogP contribution in [0.25, 0.3) is 0 Å². The third kappa shape index (κ3) is 3.08. The molecule has 2 nitrogen and oxygen atoms in total. The van der Waals surface area contributed by atoms with Crippen molar-refractivity contribution in [3.05, 3.63) is 51.2 Å². The highest BCUT2D eigenvalue weighted by Gasteiger charge is 2.27. The Bertz CT molecular complexity index is 692. The van der Waals surface area contributed by atoms with Gasteiger partial charge in [-0.3, -0.25) is 4.79 Å². The molecule has 0 unspecified atom stereocenters. The summed E-state index contributed by atoms with van der Waals surface area (Å²) in [6.45, 7) is 7.22. The van der Waals surface area contributed by atoms with Crippen molar-refractivity contribution >= 4 is 29.0 Å². The lowest BCUT2D eigenvalue weighted by molar-refractivity contribution is -0.130. The highest BCUT2D eigenvalue weighted by molar-refractivity contribution is 8.00. The maximum absolute atomic E-state index is 12.6. The molecule has 3 rings (SSSR count). The summed E-state index contributed by atoms with van der Waals surface area (Å²) in [6, 6.07) is 8.79. The molecular formula is C18H21NOS2. The lowest BCUT2D eigenvalue weighted by atomic mass is 10.0. The van der Waals surface area contributed by atoms with Crippen molar-refractivity contribution < 1.29 is 4.79 Å². The van der Waals surface area contributed by atoms with E-state index < -0.39 is 0 Å². The smallest absolute Gasteiger partial charge is 0.233 e. The highest BCUT2D eigenvalue weighted by Crippen LogP contribution is 2.33. The van der Waals surface area contributed by atoms with Gasteiger partial charge < -0.3 is 4.90 Å². The van der Waals surface area contributed by atoms with Gasteiger partial charge in [0.2, 0.25) is 5.91 Å². The molecule has 22 heavy (non-hydrogen) atoms. The minimum absolute atomic E-state index is 0.211. The number of benzene rings is 1. The average Bonchev–Trinajstić information content (AvgIpc) is 2.98. The van der Waals surface area contributed by atoms with Crippen molar-refractivity contribution in [3.8, 4) is 0 Å². The Balaban J connectivity index is 1.64. The second-order valence-electron chi connectivity index (χ2n) is 5.85. The van der Waals surface area contributed by atoms with E-state index in [2.05, 4.69) is 50.4 Å². The van der Waals surface area contributed by atoms with Gasteiger partial charge in [0.05, 0.1) is 11.8 Å². The minimum atomic E-state index is 0.211. The molecule has 4 heteroatoms. The molecule has 0 saturated heterocycles. The first-order chi connectivity index (χ1) is 10.6. The SMILES string of the molecule is Cc1ccc(SCC(=O)N2CCc3sccc3[C@@H]2C)cc1C. The highest BCUT2D eigenvalue weighted by atomic mass is 32.2. The fourth-order valence-corrected chi connectivity index (χ4v) is 4.72. The van der Waals surface area contributed by atoms with Crippen molar-refractivity contribution in [2.45, 2.75) is 38.1 Å². The van der Waals surface area contributed by atoms with Gasteiger partial charge in [-0.15, -0.1) is 23.1 Å². The van der Waals surface area contributed by atoms with Crippen molar-refractivity contribution in [2.75, 3.05) is 12.3 Å². The van der Waals surface area contributed by atoms with Crippen LogP contribution < -0.4 is 0 Å². The summed E-state index contributed by atoms with van der Waals surface area (Å²) in [5.74, 6) is 0.763. The second kappa shape index (κ2) is 6.47. The minimum Gasteiger partial charge on any atom is -0.335 e. The molecule has 0 aliphatic carbocycles. The van der Waals surface area contributed by atoms with Gasteiger partial charge >= 0.3 is 0 Å². The number of fused-ring (bicyclic) bond motifs is 1. The lowest BCUT2D eigenvalue weighted by Crippen LogP contribution is -2.39. The molecule has 116 valence electrons. The third-order valence-electron chi connectivity index (χ3n) is 4.44. The molecule has 1 atom stereocenters. The molecule has 0 bridgehead atoms. The summed E-state index contributed by atoms with van der Waals surface area (Å²) in [4.78, 5) is 17.2.